The molecule has 5 rings (SSSR count). The van der Waals surface area contributed by atoms with Crippen LogP contribution in [0.2, 0.25) is 0 Å². The number of aryl methyl sites for hydroxylation is 1. The summed E-state index contributed by atoms with van der Waals surface area (Å²) in [6.07, 6.45) is -1.50. The number of phenols is 1. The fourth-order valence-corrected chi connectivity index (χ4v) is 7.29. The summed E-state index contributed by atoms with van der Waals surface area (Å²) < 4.78 is 178. The molecule has 1 aromatic heterocycles. The quantitative estimate of drug-likeness (QED) is 0.0312. The average Bonchev–Trinajstić information content (AvgIpc) is 3.02. The molecule has 1 heterocycles. The van der Waals surface area contributed by atoms with Crippen molar-refractivity contribution in [2.45, 2.75) is 26.5 Å². The average molecular weight is 849 g/mol. The first kappa shape index (κ1) is 40.4. The summed E-state index contributed by atoms with van der Waals surface area (Å²) >= 11 is 0. The van der Waals surface area contributed by atoms with Crippen LogP contribution in [0.1, 0.15) is 5.56 Å². The highest BCUT2D eigenvalue weighted by atomic mass is 32.2. The van der Waals surface area contributed by atoms with E-state index < -0.39 is 129 Å². The second kappa shape index (κ2) is 14.2. The van der Waals surface area contributed by atoms with E-state index in [2.05, 4.69) is 35.7 Å². The van der Waals surface area contributed by atoms with Crippen LogP contribution in [-0.4, -0.2) is 67.0 Å². The highest BCUT2D eigenvalue weighted by Crippen LogP contribution is 2.48. The van der Waals surface area contributed by atoms with Crippen LogP contribution in [0, 0.1) is 24.8 Å². The standard InChI is InChI=1S/C27H19F3N8O13S4/c1-10-4-14(17(8-13(10)28)53(43,44)45)35-37-24-18(54(46,47)48)5-11-6-19(55(49,50)51)25(26(39)22(11)23(24)31)38-36-15-7-12(2-3-16(15)52(40,41)42)32-21-9-20(29)33-27(30)34-21/h2-9,39H,31H2,1H3,(H,32,33,34)(H,40,41,42)(H,43,44,45)(H,46,47,48)(H,49,50,51)/b37-35+,38-36+. The number of nitrogens with one attached hydrogen (secondary N) is 1. The fourth-order valence-electron chi connectivity index (χ4n) is 4.74. The Kier molecular flexibility index (Phi) is 10.4. The Labute approximate surface area is 306 Å². The van der Waals surface area contributed by atoms with E-state index in [9.17, 15) is 70.2 Å². The Hall–Kier alpha value is -5.75. The van der Waals surface area contributed by atoms with Gasteiger partial charge in [0.25, 0.3) is 40.5 Å². The van der Waals surface area contributed by atoms with Crippen LogP contribution < -0.4 is 11.1 Å². The first-order valence-electron chi connectivity index (χ1n) is 14.0. The Morgan fingerprint density at radius 2 is 1.18 bits per heavy atom. The topological polar surface area (TPSA) is 351 Å². The molecule has 28 heteroatoms. The van der Waals surface area contributed by atoms with Crippen molar-refractivity contribution < 1.29 is 70.2 Å². The number of anilines is 3. The molecule has 0 amide bonds. The van der Waals surface area contributed by atoms with E-state index >= 15 is 0 Å². The molecule has 0 aliphatic carbocycles. The van der Waals surface area contributed by atoms with Crippen LogP contribution in [-0.2, 0) is 40.5 Å². The lowest BCUT2D eigenvalue weighted by Gasteiger charge is -2.14. The minimum absolute atomic E-state index is 0.220. The molecule has 0 atom stereocenters. The van der Waals surface area contributed by atoms with Crippen molar-refractivity contribution in [3.63, 3.8) is 0 Å². The zero-order valence-electron chi connectivity index (χ0n) is 26.6. The van der Waals surface area contributed by atoms with Gasteiger partial charge < -0.3 is 16.2 Å². The molecule has 0 bridgehead atoms. The van der Waals surface area contributed by atoms with Gasteiger partial charge in [0, 0.05) is 11.8 Å². The lowest BCUT2D eigenvalue weighted by Crippen LogP contribution is -2.04. The third-order valence-corrected chi connectivity index (χ3v) is 10.6. The third-order valence-electron chi connectivity index (χ3n) is 7.08. The number of nitrogens with two attached hydrogens (primary N) is 1. The van der Waals surface area contributed by atoms with Crippen LogP contribution in [0.25, 0.3) is 10.8 Å². The summed E-state index contributed by atoms with van der Waals surface area (Å²) in [4.78, 5) is 1.37. The number of aromatic nitrogens is 2. The van der Waals surface area contributed by atoms with Crippen molar-refractivity contribution >= 4 is 91.2 Å². The van der Waals surface area contributed by atoms with Crippen molar-refractivity contribution in [2.75, 3.05) is 11.1 Å². The summed E-state index contributed by atoms with van der Waals surface area (Å²) in [6, 6.07) is 5.20. The Bertz CT molecular complexity index is 2970. The smallest absolute Gasteiger partial charge is 0.313 e. The zero-order chi connectivity index (χ0) is 41.0. The molecule has 5 aromatic rings. The molecule has 0 fully saturated rings. The third kappa shape index (κ3) is 8.65. The fraction of sp³-hybridized carbons (Fsp3) is 0.0370. The number of hydrogen-bond donors (Lipinski definition) is 7. The summed E-state index contributed by atoms with van der Waals surface area (Å²) in [7, 11) is -21.2. The molecule has 8 N–H and O–H groups in total. The van der Waals surface area contributed by atoms with Gasteiger partial charge in [0.1, 0.15) is 54.0 Å². The largest absolute Gasteiger partial charge is 0.505 e. The number of fused-ring (bicyclic) bond motifs is 1. The molecule has 21 nitrogen and oxygen atoms in total. The van der Waals surface area contributed by atoms with Crippen LogP contribution in [0.5, 0.6) is 5.75 Å². The van der Waals surface area contributed by atoms with Gasteiger partial charge in [-0.15, -0.1) is 20.5 Å². The van der Waals surface area contributed by atoms with E-state index in [4.69, 9.17) is 5.73 Å². The van der Waals surface area contributed by atoms with E-state index in [1.54, 1.807) is 0 Å². The number of nitrogen functional groups attached to an aromatic ring is 1. The minimum Gasteiger partial charge on any atom is -0.505 e. The number of aromatic hydroxyl groups is 1. The lowest BCUT2D eigenvalue weighted by molar-refractivity contribution is 0.472. The number of nitrogens with zero attached hydrogens (tertiary/aromatic N) is 6. The number of phenolic OH excluding ortho intramolecular Hbond substituents is 1. The van der Waals surface area contributed by atoms with Crippen LogP contribution in [0.15, 0.2) is 88.6 Å². The van der Waals surface area contributed by atoms with E-state index in [0.717, 1.165) is 25.1 Å². The minimum atomic E-state index is -5.48. The van der Waals surface area contributed by atoms with Gasteiger partial charge in [-0.05, 0) is 60.3 Å². The van der Waals surface area contributed by atoms with E-state index in [-0.39, 0.29) is 11.3 Å². The molecule has 0 aliphatic heterocycles. The van der Waals surface area contributed by atoms with Gasteiger partial charge in [-0.2, -0.15) is 52.4 Å². The summed E-state index contributed by atoms with van der Waals surface area (Å²) in [5, 5.41) is 26.4. The maximum absolute atomic E-state index is 14.1. The number of azo groups is 2. The molecule has 55 heavy (non-hydrogen) atoms. The van der Waals surface area contributed by atoms with Gasteiger partial charge in [0.15, 0.2) is 5.75 Å². The van der Waals surface area contributed by atoms with Crippen molar-refractivity contribution in [1.82, 2.24) is 9.97 Å². The van der Waals surface area contributed by atoms with Crippen molar-refractivity contribution in [1.29, 1.82) is 0 Å². The van der Waals surface area contributed by atoms with Crippen LogP contribution in [0.4, 0.5) is 53.1 Å². The van der Waals surface area contributed by atoms with E-state index in [1.165, 1.54) is 0 Å². The van der Waals surface area contributed by atoms with Gasteiger partial charge in [-0.1, -0.05) is 0 Å². The summed E-state index contributed by atoms with van der Waals surface area (Å²) in [5.74, 6) is -4.25. The second-order valence-electron chi connectivity index (χ2n) is 10.8. The monoisotopic (exact) mass is 848 g/mol. The molecule has 0 aliphatic rings. The number of benzene rings is 4. The Balaban J connectivity index is 1.77. The summed E-state index contributed by atoms with van der Waals surface area (Å²) in [6.45, 7) is 1.16. The predicted molar refractivity (Wildman–Crippen MR) is 180 cm³/mol. The van der Waals surface area contributed by atoms with Gasteiger partial charge in [0.2, 0.25) is 5.95 Å². The van der Waals surface area contributed by atoms with Crippen LogP contribution >= 0.6 is 0 Å². The molecule has 290 valence electrons. The lowest BCUT2D eigenvalue weighted by atomic mass is 10.1. The summed E-state index contributed by atoms with van der Waals surface area (Å²) in [5.41, 5.74) is 0.818. The number of halogens is 3. The molecule has 0 unspecified atom stereocenters. The first-order chi connectivity index (χ1) is 25.3. The molecule has 0 saturated carbocycles. The molecular weight excluding hydrogens is 830 g/mol. The normalized spacial score (nSPS) is 12.9. The number of hydrogen-bond acceptors (Lipinski definition) is 17. The maximum atomic E-state index is 14.1. The molecule has 0 radical (unpaired) electrons. The van der Waals surface area contributed by atoms with Gasteiger partial charge >= 0.3 is 6.08 Å². The molecule has 0 saturated heterocycles. The van der Waals surface area contributed by atoms with E-state index in [0.29, 0.717) is 30.3 Å². The molecule has 4 aromatic carbocycles. The predicted octanol–water partition coefficient (Wildman–Crippen LogP) is 5.20. The SMILES string of the molecule is Cc1cc(/N=N/c2c(S(=O)(=O)O)cc3cc(S(=O)(=O)O)c(/N=N/c4cc(Nc5cc(F)nc(F)n5)ccc4S(=O)(=O)O)c(O)c3c2N)c(S(=O)(=O)O)cc1F. The van der Waals surface area contributed by atoms with E-state index in [1.807, 2.05) is 0 Å². The highest BCUT2D eigenvalue weighted by Gasteiger charge is 2.29. The Morgan fingerprint density at radius 3 is 1.73 bits per heavy atom. The highest BCUT2D eigenvalue weighted by molar-refractivity contribution is 7.86. The van der Waals surface area contributed by atoms with Crippen molar-refractivity contribution in [2.24, 2.45) is 20.5 Å². The number of rotatable bonds is 10. The van der Waals surface area contributed by atoms with Crippen molar-refractivity contribution in [3.8, 4) is 5.75 Å². The first-order valence-corrected chi connectivity index (χ1v) is 19.8. The molecule has 0 spiro atoms. The van der Waals surface area contributed by atoms with Gasteiger partial charge in [-0.25, -0.2) is 4.39 Å². The maximum Gasteiger partial charge on any atom is 0.313 e. The van der Waals surface area contributed by atoms with Gasteiger partial charge in [0.05, 0.1) is 11.1 Å². The second-order valence-corrected chi connectivity index (χ2v) is 16.4. The van der Waals surface area contributed by atoms with Crippen LogP contribution in [0.3, 0.4) is 0 Å². The Morgan fingerprint density at radius 1 is 0.655 bits per heavy atom. The molecular formula is C27H19F3N8O13S4. The van der Waals surface area contributed by atoms with Gasteiger partial charge in [-0.3, -0.25) is 18.2 Å². The zero-order valence-corrected chi connectivity index (χ0v) is 29.9. The van der Waals surface area contributed by atoms with Crippen molar-refractivity contribution in [3.05, 3.63) is 71.9 Å².